The van der Waals surface area contributed by atoms with Gasteiger partial charge in [-0.2, -0.15) is 4.31 Å². The van der Waals surface area contributed by atoms with Crippen LogP contribution in [0, 0.1) is 5.92 Å². The number of likely N-dealkylation sites (N-methyl/N-ethyl adjacent to an activating group) is 1. The van der Waals surface area contributed by atoms with E-state index in [0.717, 1.165) is 11.3 Å². The molecule has 1 N–H and O–H groups in total. The van der Waals surface area contributed by atoms with Gasteiger partial charge in [0.15, 0.2) is 0 Å². The predicted octanol–water partition coefficient (Wildman–Crippen LogP) is 2.22. The maximum Gasteiger partial charge on any atom is 0.242 e. The zero-order valence-corrected chi connectivity index (χ0v) is 21.3. The highest BCUT2D eigenvalue weighted by Crippen LogP contribution is 2.30. The number of hydrogen-bond acceptors (Lipinski definition) is 6. The monoisotopic (exact) mass is 489 g/mol. The van der Waals surface area contributed by atoms with Gasteiger partial charge < -0.3 is 19.6 Å². The first kappa shape index (κ1) is 26.0. The van der Waals surface area contributed by atoms with Gasteiger partial charge in [-0.3, -0.25) is 4.79 Å². The van der Waals surface area contributed by atoms with Gasteiger partial charge in [0.05, 0.1) is 30.5 Å². The van der Waals surface area contributed by atoms with Crippen molar-refractivity contribution in [2.24, 2.45) is 5.92 Å². The number of nitrogens with zero attached hydrogens (tertiary/aromatic N) is 3. The summed E-state index contributed by atoms with van der Waals surface area (Å²) in [5, 5.41) is 9.76. The molecule has 2 aromatic rings. The van der Waals surface area contributed by atoms with Crippen LogP contribution in [0.1, 0.15) is 19.4 Å². The molecule has 1 amide bonds. The molecular weight excluding hydrogens is 454 g/mol. The SMILES string of the molecule is C[C@H]1CN([C@@H](C)CO)C(=O)Cc2cc(N(C)C)ccc2O[C@H]1CN(C)S(=O)(=O)c1ccccc1. The van der Waals surface area contributed by atoms with Gasteiger partial charge in [0.2, 0.25) is 15.9 Å². The third-order valence-electron chi connectivity index (χ3n) is 6.30. The van der Waals surface area contributed by atoms with Crippen LogP contribution < -0.4 is 9.64 Å². The smallest absolute Gasteiger partial charge is 0.242 e. The Morgan fingerprint density at radius 2 is 1.82 bits per heavy atom. The molecule has 9 heteroatoms. The minimum absolute atomic E-state index is 0.0972. The van der Waals surface area contributed by atoms with Crippen LogP contribution in [0.25, 0.3) is 0 Å². The van der Waals surface area contributed by atoms with Gasteiger partial charge in [0, 0.05) is 44.9 Å². The van der Waals surface area contributed by atoms with Crippen molar-refractivity contribution >= 4 is 21.6 Å². The lowest BCUT2D eigenvalue weighted by atomic mass is 10.0. The van der Waals surface area contributed by atoms with E-state index in [4.69, 9.17) is 4.74 Å². The van der Waals surface area contributed by atoms with Gasteiger partial charge in [-0.15, -0.1) is 0 Å². The quantitative estimate of drug-likeness (QED) is 0.642. The number of aliphatic hydroxyl groups is 1. The molecule has 0 saturated heterocycles. The number of carbonyl (C=O) groups excluding carboxylic acids is 1. The third kappa shape index (κ3) is 5.71. The molecule has 3 rings (SSSR count). The molecular formula is C25H35N3O5S. The highest BCUT2D eigenvalue weighted by atomic mass is 32.2. The predicted molar refractivity (Wildman–Crippen MR) is 133 cm³/mol. The fourth-order valence-electron chi connectivity index (χ4n) is 4.04. The van der Waals surface area contributed by atoms with Gasteiger partial charge in [0.25, 0.3) is 0 Å². The van der Waals surface area contributed by atoms with Gasteiger partial charge in [-0.25, -0.2) is 8.42 Å². The summed E-state index contributed by atoms with van der Waals surface area (Å²) in [6.45, 7) is 4.05. The number of carbonyl (C=O) groups is 1. The van der Waals surface area contributed by atoms with Gasteiger partial charge in [-0.1, -0.05) is 25.1 Å². The first-order valence-corrected chi connectivity index (χ1v) is 12.9. The number of ether oxygens (including phenoxy) is 1. The molecule has 3 atom stereocenters. The summed E-state index contributed by atoms with van der Waals surface area (Å²) in [5.74, 6) is 0.283. The minimum Gasteiger partial charge on any atom is -0.488 e. The molecule has 0 aliphatic carbocycles. The zero-order valence-electron chi connectivity index (χ0n) is 20.5. The van der Waals surface area contributed by atoms with Crippen LogP contribution in [0.15, 0.2) is 53.4 Å². The van der Waals surface area contributed by atoms with E-state index in [9.17, 15) is 18.3 Å². The second-order valence-corrected chi connectivity index (χ2v) is 11.2. The largest absolute Gasteiger partial charge is 0.488 e. The van der Waals surface area contributed by atoms with Gasteiger partial charge >= 0.3 is 0 Å². The van der Waals surface area contributed by atoms with Gasteiger partial charge in [0.1, 0.15) is 11.9 Å². The van der Waals surface area contributed by atoms with Crippen molar-refractivity contribution in [2.75, 3.05) is 45.7 Å². The van der Waals surface area contributed by atoms with E-state index in [1.54, 1.807) is 42.3 Å². The van der Waals surface area contributed by atoms with Crippen LogP contribution in [0.3, 0.4) is 0 Å². The van der Waals surface area contributed by atoms with E-state index in [1.807, 2.05) is 51.0 Å². The maximum absolute atomic E-state index is 13.2. The molecule has 0 unspecified atom stereocenters. The Morgan fingerprint density at radius 1 is 1.15 bits per heavy atom. The molecule has 34 heavy (non-hydrogen) atoms. The second kappa shape index (κ2) is 10.8. The Bertz CT molecular complexity index is 1090. The van der Waals surface area contributed by atoms with Crippen molar-refractivity contribution in [1.29, 1.82) is 0 Å². The number of sulfonamides is 1. The normalized spacial score (nSPS) is 20.1. The molecule has 8 nitrogen and oxygen atoms in total. The average molecular weight is 490 g/mol. The van der Waals surface area contributed by atoms with Crippen LogP contribution >= 0.6 is 0 Å². The Kier molecular flexibility index (Phi) is 8.22. The fourth-order valence-corrected chi connectivity index (χ4v) is 5.24. The van der Waals surface area contributed by atoms with Crippen LogP contribution in [0.5, 0.6) is 5.75 Å². The Balaban J connectivity index is 1.98. The van der Waals surface area contributed by atoms with E-state index >= 15 is 0 Å². The summed E-state index contributed by atoms with van der Waals surface area (Å²) in [5.41, 5.74) is 1.67. The molecule has 1 aliphatic heterocycles. The molecule has 0 spiro atoms. The number of fused-ring (bicyclic) bond motifs is 1. The molecule has 0 aromatic heterocycles. The highest BCUT2D eigenvalue weighted by molar-refractivity contribution is 7.89. The lowest BCUT2D eigenvalue weighted by Gasteiger charge is -2.33. The zero-order chi connectivity index (χ0) is 25.0. The Hall–Kier alpha value is -2.62. The second-order valence-electron chi connectivity index (χ2n) is 9.17. The number of rotatable bonds is 7. The molecule has 1 heterocycles. The summed E-state index contributed by atoms with van der Waals surface area (Å²) in [7, 11) is 1.68. The average Bonchev–Trinajstić information content (AvgIpc) is 2.86. The number of aliphatic hydroxyl groups excluding tert-OH is 1. The van der Waals surface area contributed by atoms with E-state index in [0.29, 0.717) is 12.3 Å². The Morgan fingerprint density at radius 3 is 2.44 bits per heavy atom. The third-order valence-corrected chi connectivity index (χ3v) is 8.14. The van der Waals surface area contributed by atoms with Crippen molar-refractivity contribution < 1.29 is 23.1 Å². The first-order chi connectivity index (χ1) is 16.0. The van der Waals surface area contributed by atoms with Crippen molar-refractivity contribution in [3.8, 4) is 5.75 Å². The van der Waals surface area contributed by atoms with Crippen molar-refractivity contribution in [3.63, 3.8) is 0 Å². The fraction of sp³-hybridized carbons (Fsp3) is 0.480. The van der Waals surface area contributed by atoms with E-state index in [2.05, 4.69) is 0 Å². The standard InChI is InChI=1S/C25H35N3O5S/c1-18-15-28(19(2)17-29)25(30)14-20-13-21(26(3)4)11-12-23(20)33-24(18)16-27(5)34(31,32)22-9-7-6-8-10-22/h6-13,18-19,24,29H,14-17H2,1-5H3/t18-,19-,24-/m0/s1. The molecule has 0 fully saturated rings. The topological polar surface area (TPSA) is 90.4 Å². The number of hydrogen-bond donors (Lipinski definition) is 1. The van der Waals surface area contributed by atoms with E-state index in [1.165, 1.54) is 4.31 Å². The molecule has 186 valence electrons. The van der Waals surface area contributed by atoms with E-state index in [-0.39, 0.29) is 42.3 Å². The van der Waals surface area contributed by atoms with Crippen molar-refractivity contribution in [2.45, 2.75) is 37.3 Å². The highest BCUT2D eigenvalue weighted by Gasteiger charge is 2.33. The number of amides is 1. The van der Waals surface area contributed by atoms with Crippen LogP contribution in [0.2, 0.25) is 0 Å². The molecule has 1 aliphatic rings. The summed E-state index contributed by atoms with van der Waals surface area (Å²) < 4.78 is 34.0. The van der Waals surface area contributed by atoms with Crippen LogP contribution in [-0.2, 0) is 21.2 Å². The number of benzene rings is 2. The van der Waals surface area contributed by atoms with Crippen LogP contribution in [0.4, 0.5) is 5.69 Å². The summed E-state index contributed by atoms with van der Waals surface area (Å²) in [4.78, 5) is 17.1. The lowest BCUT2D eigenvalue weighted by molar-refractivity contribution is -0.134. The summed E-state index contributed by atoms with van der Waals surface area (Å²) >= 11 is 0. The molecule has 0 bridgehead atoms. The van der Waals surface area contributed by atoms with E-state index < -0.39 is 16.1 Å². The molecule has 0 radical (unpaired) electrons. The number of anilines is 1. The maximum atomic E-state index is 13.2. The Labute approximate surface area is 202 Å². The van der Waals surface area contributed by atoms with Crippen LogP contribution in [-0.4, -0.2) is 81.6 Å². The summed E-state index contributed by atoms with van der Waals surface area (Å²) in [6, 6.07) is 13.6. The molecule has 2 aromatic carbocycles. The van der Waals surface area contributed by atoms with Crippen molar-refractivity contribution in [3.05, 3.63) is 54.1 Å². The first-order valence-electron chi connectivity index (χ1n) is 11.4. The minimum atomic E-state index is -3.71. The lowest BCUT2D eigenvalue weighted by Crippen LogP contribution is -2.48. The summed E-state index contributed by atoms with van der Waals surface area (Å²) in [6.07, 6.45) is -0.370. The molecule has 0 saturated carbocycles. The van der Waals surface area contributed by atoms with Crippen molar-refractivity contribution in [1.82, 2.24) is 9.21 Å². The van der Waals surface area contributed by atoms with Gasteiger partial charge in [-0.05, 0) is 37.3 Å².